The van der Waals surface area contributed by atoms with Crippen molar-refractivity contribution in [1.29, 1.82) is 0 Å². The molecule has 5 nitrogen and oxygen atoms in total. The van der Waals surface area contributed by atoms with Gasteiger partial charge < -0.3 is 4.74 Å². The van der Waals surface area contributed by atoms with Gasteiger partial charge in [0.05, 0.1) is 0 Å². The molecular weight excluding hydrogens is 769 g/mol. The first kappa shape index (κ1) is 48.8. The minimum atomic E-state index is 0.480. The Hall–Kier alpha value is -3.60. The highest BCUT2D eigenvalue weighted by Crippen LogP contribution is 2.41. The van der Waals surface area contributed by atoms with Gasteiger partial charge in [-0.05, 0) is 160 Å². The summed E-state index contributed by atoms with van der Waals surface area (Å²) in [5.74, 6) is 6.51. The first-order chi connectivity index (χ1) is 31.0. The van der Waals surface area contributed by atoms with Crippen molar-refractivity contribution in [2.24, 2.45) is 11.8 Å². The van der Waals surface area contributed by atoms with Crippen LogP contribution in [0, 0.1) is 11.8 Å². The third-order valence-corrected chi connectivity index (χ3v) is 14.6. The molecule has 0 aliphatic heterocycles. The molecule has 2 saturated carbocycles. The molecule has 2 heterocycles. The zero-order valence-corrected chi connectivity index (χ0v) is 40.5. The first-order valence-electron chi connectivity index (χ1n) is 26.6. The molecule has 0 amide bonds. The van der Waals surface area contributed by atoms with E-state index < -0.39 is 0 Å². The van der Waals surface area contributed by atoms with Gasteiger partial charge in [-0.1, -0.05) is 142 Å². The predicted octanol–water partition coefficient (Wildman–Crippen LogP) is 16.6. The van der Waals surface area contributed by atoms with Gasteiger partial charge in [0.2, 0.25) is 0 Å². The number of hydrogen-bond acceptors (Lipinski definition) is 5. The van der Waals surface area contributed by atoms with Crippen molar-refractivity contribution < 1.29 is 4.74 Å². The number of aryl methyl sites for hydroxylation is 4. The maximum absolute atomic E-state index is 7.07. The molecule has 0 atom stereocenters. The molecule has 6 rings (SSSR count). The van der Waals surface area contributed by atoms with Gasteiger partial charge in [-0.3, -0.25) is 0 Å². The van der Waals surface area contributed by atoms with Gasteiger partial charge in [-0.25, -0.2) is 19.9 Å². The fourth-order valence-electron chi connectivity index (χ4n) is 10.6. The maximum Gasteiger partial charge on any atom is 0.131 e. The Bertz CT molecular complexity index is 1700. The Morgan fingerprint density at radius 1 is 0.397 bits per heavy atom. The number of rotatable bonds is 28. The van der Waals surface area contributed by atoms with E-state index in [-0.39, 0.29) is 0 Å². The van der Waals surface area contributed by atoms with Crippen LogP contribution in [0.25, 0.3) is 0 Å². The maximum atomic E-state index is 7.07. The zero-order valence-electron chi connectivity index (χ0n) is 40.5. The van der Waals surface area contributed by atoms with E-state index >= 15 is 0 Å². The lowest BCUT2D eigenvalue weighted by Gasteiger charge is -2.29. The van der Waals surface area contributed by atoms with Gasteiger partial charge in [0.15, 0.2) is 0 Å². The van der Waals surface area contributed by atoms with Crippen LogP contribution in [-0.2, 0) is 38.5 Å². The Labute approximate surface area is 384 Å². The van der Waals surface area contributed by atoms with Crippen molar-refractivity contribution in [3.05, 3.63) is 106 Å². The van der Waals surface area contributed by atoms with Crippen LogP contribution in [0.1, 0.15) is 239 Å². The largest absolute Gasteiger partial charge is 0.457 e. The highest BCUT2D eigenvalue weighted by atomic mass is 16.5. The Morgan fingerprint density at radius 3 is 1.13 bits per heavy atom. The minimum Gasteiger partial charge on any atom is -0.457 e. The second-order valence-electron chi connectivity index (χ2n) is 20.0. The molecule has 5 heteroatoms. The van der Waals surface area contributed by atoms with Crippen molar-refractivity contribution in [3.63, 3.8) is 0 Å². The molecule has 2 aliphatic rings. The highest BCUT2D eigenvalue weighted by Gasteiger charge is 2.27. The van der Waals surface area contributed by atoms with Crippen molar-refractivity contribution in [1.82, 2.24) is 19.9 Å². The van der Waals surface area contributed by atoms with Gasteiger partial charge in [0, 0.05) is 36.6 Å². The number of benzene rings is 2. The molecule has 2 aromatic carbocycles. The van der Waals surface area contributed by atoms with E-state index in [1.54, 1.807) is 0 Å². The predicted molar refractivity (Wildman–Crippen MR) is 265 cm³/mol. The van der Waals surface area contributed by atoms with Crippen LogP contribution in [0.4, 0.5) is 0 Å². The average Bonchev–Trinajstić information content (AvgIpc) is 3.31. The molecular formula is C58H86N4O. The molecule has 2 aliphatic carbocycles. The van der Waals surface area contributed by atoms with Crippen LogP contribution in [0.2, 0.25) is 0 Å². The van der Waals surface area contributed by atoms with E-state index in [0.717, 1.165) is 74.5 Å². The molecule has 344 valence electrons. The summed E-state index contributed by atoms with van der Waals surface area (Å²) < 4.78 is 7.07. The van der Waals surface area contributed by atoms with Gasteiger partial charge in [0.1, 0.15) is 23.1 Å². The molecule has 0 unspecified atom stereocenters. The molecule has 4 aromatic rings. The molecule has 2 fully saturated rings. The Balaban J connectivity index is 1.02. The molecule has 0 saturated heterocycles. The van der Waals surface area contributed by atoms with Crippen molar-refractivity contribution in [2.45, 2.75) is 232 Å². The van der Waals surface area contributed by atoms with Gasteiger partial charge >= 0.3 is 0 Å². The summed E-state index contributed by atoms with van der Waals surface area (Å²) in [6.45, 7) is 9.15. The number of ether oxygens (including phenoxy) is 1. The fourth-order valence-corrected chi connectivity index (χ4v) is 10.6. The average molecular weight is 855 g/mol. The second kappa shape index (κ2) is 27.7. The summed E-state index contributed by atoms with van der Waals surface area (Å²) in [4.78, 5) is 19.7. The molecule has 0 bridgehead atoms. The van der Waals surface area contributed by atoms with E-state index in [4.69, 9.17) is 24.7 Å². The monoisotopic (exact) mass is 855 g/mol. The lowest BCUT2D eigenvalue weighted by Crippen LogP contribution is -2.18. The third kappa shape index (κ3) is 16.4. The third-order valence-electron chi connectivity index (χ3n) is 14.6. The van der Waals surface area contributed by atoms with Crippen molar-refractivity contribution in [3.8, 4) is 11.5 Å². The van der Waals surface area contributed by atoms with E-state index in [9.17, 15) is 0 Å². The van der Waals surface area contributed by atoms with Crippen LogP contribution < -0.4 is 4.74 Å². The summed E-state index contributed by atoms with van der Waals surface area (Å²) in [5.41, 5.74) is 8.23. The van der Waals surface area contributed by atoms with Gasteiger partial charge in [-0.15, -0.1) is 0 Å². The quantitative estimate of drug-likeness (QED) is 0.0533. The van der Waals surface area contributed by atoms with Crippen LogP contribution in [-0.4, -0.2) is 19.9 Å². The smallest absolute Gasteiger partial charge is 0.131 e. The van der Waals surface area contributed by atoms with Gasteiger partial charge in [0.25, 0.3) is 0 Å². The lowest BCUT2D eigenvalue weighted by molar-refractivity contribution is 0.312. The summed E-state index contributed by atoms with van der Waals surface area (Å²) in [5, 5.41) is 0. The van der Waals surface area contributed by atoms with Crippen molar-refractivity contribution >= 4 is 0 Å². The Kier molecular flexibility index (Phi) is 21.4. The summed E-state index contributed by atoms with van der Waals surface area (Å²) >= 11 is 0. The summed E-state index contributed by atoms with van der Waals surface area (Å²) in [6, 6.07) is 14.1. The van der Waals surface area contributed by atoms with E-state index in [1.807, 2.05) is 0 Å². The van der Waals surface area contributed by atoms with Crippen LogP contribution in [0.5, 0.6) is 11.5 Å². The van der Waals surface area contributed by atoms with Crippen LogP contribution in [0.15, 0.2) is 61.2 Å². The number of aromatic nitrogens is 4. The lowest BCUT2D eigenvalue weighted by atomic mass is 9.78. The molecule has 2 aromatic heterocycles. The fraction of sp³-hybridized carbons (Fsp3) is 0.655. The normalized spacial score (nSPS) is 19.0. The van der Waals surface area contributed by atoms with E-state index in [0.29, 0.717) is 23.7 Å². The van der Waals surface area contributed by atoms with Crippen molar-refractivity contribution in [2.75, 3.05) is 0 Å². The van der Waals surface area contributed by atoms with Crippen LogP contribution >= 0.6 is 0 Å². The molecule has 0 spiro atoms. The molecule has 63 heavy (non-hydrogen) atoms. The summed E-state index contributed by atoms with van der Waals surface area (Å²) in [6.07, 6.45) is 45.8. The number of hydrogen-bond donors (Lipinski definition) is 0. The summed E-state index contributed by atoms with van der Waals surface area (Å²) in [7, 11) is 0. The van der Waals surface area contributed by atoms with E-state index in [1.165, 1.54) is 175 Å². The first-order valence-corrected chi connectivity index (χ1v) is 26.6. The topological polar surface area (TPSA) is 60.8 Å². The second-order valence-corrected chi connectivity index (χ2v) is 20.0. The number of nitrogens with zero attached hydrogens (tertiary/aromatic N) is 4. The van der Waals surface area contributed by atoms with Crippen LogP contribution in [0.3, 0.4) is 0 Å². The highest BCUT2D eigenvalue weighted by molar-refractivity contribution is 5.45. The Morgan fingerprint density at radius 2 is 0.762 bits per heavy atom. The molecule has 0 N–H and O–H groups in total. The molecule has 0 radical (unpaired) electrons. The zero-order chi connectivity index (χ0) is 43.9. The van der Waals surface area contributed by atoms with Gasteiger partial charge in [-0.2, -0.15) is 0 Å². The minimum absolute atomic E-state index is 0.480. The SMILES string of the molecule is CCCCCCCCCc1cnc(C2CCC(Cc3cc(CCC)ccc3Oc3ccc(CCC)cc3CC3CCC(c4ncc(CCCCCCCCC)cn4)CC3)CC2)nc1. The van der Waals surface area contributed by atoms with E-state index in [2.05, 4.69) is 88.9 Å². The number of unbranched alkanes of at least 4 members (excludes halogenated alkanes) is 12. The standard InChI is InChI=1S/C58H86N4O/c1-5-9-11-13-15-17-19-23-49-41-59-57(60-42-49)51-31-25-47(26-32-51)39-53-37-45(21-7-3)29-35-55(53)63-56-36-30-46(22-8-4)38-54(56)40-48-27-33-52(34-28-48)58-61-43-50(44-62-58)24-20-18-16-14-12-10-6-2/h29-30,35-38,41-44,47-48,51-52H,5-28,31-34,39-40H2,1-4H3.